The number of carbonyl (C=O) groups is 2. The van der Waals surface area contributed by atoms with Crippen molar-refractivity contribution in [2.24, 2.45) is 5.73 Å². The van der Waals surface area contributed by atoms with Crippen molar-refractivity contribution >= 4 is 11.8 Å². The molecule has 2 amide bonds. The largest absolute Gasteiger partial charge is 0.449 e. The molecule has 0 saturated heterocycles. The maximum Gasteiger partial charge on any atom is 0.449 e. The van der Waals surface area contributed by atoms with Gasteiger partial charge in [-0.3, -0.25) is 9.59 Å². The molecular formula is C21H23F6N5O2. The summed E-state index contributed by atoms with van der Waals surface area (Å²) in [7, 11) is 0. The third-order valence-electron chi connectivity index (χ3n) is 5.37. The summed E-state index contributed by atoms with van der Waals surface area (Å²) in [4.78, 5) is 29.9. The first kappa shape index (κ1) is 25.5. The standard InChI is InChI=1S/C21H23F6N5O2/c1-2-3-29-19(34)18-16-10-31(4-5-32(16)20(30-18)21(25,26)27)17(33)8-12(28)6-11-7-14(23)15(24)9-13(11)22/h7,9,12H,2-6,8,10,28H2,1H3,(H,29,34). The number of nitrogens with zero attached hydrogens (tertiary/aromatic N) is 3. The minimum Gasteiger partial charge on any atom is -0.351 e. The Labute approximate surface area is 190 Å². The highest BCUT2D eigenvalue weighted by atomic mass is 19.4. The Balaban J connectivity index is 1.75. The Kier molecular flexibility index (Phi) is 7.54. The lowest BCUT2D eigenvalue weighted by molar-refractivity contribution is -0.148. The number of nitrogens with one attached hydrogen (secondary N) is 1. The highest BCUT2D eigenvalue weighted by Gasteiger charge is 2.41. The van der Waals surface area contributed by atoms with Crippen LogP contribution in [-0.2, 0) is 30.5 Å². The molecule has 1 aromatic carbocycles. The molecule has 3 N–H and O–H groups in total. The second-order valence-electron chi connectivity index (χ2n) is 7.98. The molecule has 1 aliphatic rings. The quantitative estimate of drug-likeness (QED) is 0.460. The van der Waals surface area contributed by atoms with E-state index in [4.69, 9.17) is 5.73 Å². The second kappa shape index (κ2) is 10.0. The lowest BCUT2D eigenvalue weighted by Gasteiger charge is -2.30. The molecule has 0 spiro atoms. The Morgan fingerprint density at radius 3 is 2.47 bits per heavy atom. The van der Waals surface area contributed by atoms with Crippen LogP contribution in [0.15, 0.2) is 12.1 Å². The summed E-state index contributed by atoms with van der Waals surface area (Å²) in [6.07, 6.45) is -4.81. The zero-order valence-corrected chi connectivity index (χ0v) is 18.2. The van der Waals surface area contributed by atoms with E-state index in [1.807, 2.05) is 0 Å². The number of amides is 2. The first-order valence-corrected chi connectivity index (χ1v) is 10.5. The molecule has 13 heteroatoms. The van der Waals surface area contributed by atoms with Crippen molar-refractivity contribution in [3.05, 3.63) is 52.4 Å². The predicted molar refractivity (Wildman–Crippen MR) is 108 cm³/mol. The summed E-state index contributed by atoms with van der Waals surface area (Å²) in [5, 5.41) is 2.48. The van der Waals surface area contributed by atoms with Crippen LogP contribution in [0.5, 0.6) is 0 Å². The average molecular weight is 491 g/mol. The van der Waals surface area contributed by atoms with Crippen molar-refractivity contribution in [2.45, 2.75) is 51.5 Å². The third kappa shape index (κ3) is 5.51. The van der Waals surface area contributed by atoms with Gasteiger partial charge in [0.05, 0.1) is 12.2 Å². The van der Waals surface area contributed by atoms with E-state index < -0.39 is 53.0 Å². The van der Waals surface area contributed by atoms with Crippen LogP contribution in [-0.4, -0.2) is 45.4 Å². The van der Waals surface area contributed by atoms with Crippen molar-refractivity contribution in [1.29, 1.82) is 0 Å². The molecule has 0 bridgehead atoms. The monoisotopic (exact) mass is 491 g/mol. The van der Waals surface area contributed by atoms with E-state index in [0.717, 1.165) is 4.57 Å². The molecule has 2 aromatic rings. The van der Waals surface area contributed by atoms with Crippen LogP contribution >= 0.6 is 0 Å². The SMILES string of the molecule is CCCNC(=O)c1nc(C(F)(F)F)n2c1CN(C(=O)CC(N)Cc1cc(F)c(F)cc1F)CC2. The fourth-order valence-electron chi connectivity index (χ4n) is 3.73. The number of alkyl halides is 3. The molecule has 0 aliphatic carbocycles. The molecule has 7 nitrogen and oxygen atoms in total. The molecule has 34 heavy (non-hydrogen) atoms. The maximum absolute atomic E-state index is 13.9. The lowest BCUT2D eigenvalue weighted by Crippen LogP contribution is -2.42. The van der Waals surface area contributed by atoms with Gasteiger partial charge in [-0.05, 0) is 24.5 Å². The smallest absolute Gasteiger partial charge is 0.351 e. The number of halogens is 6. The number of hydrogen-bond donors (Lipinski definition) is 2. The normalized spacial score (nSPS) is 14.6. The maximum atomic E-state index is 13.9. The summed E-state index contributed by atoms with van der Waals surface area (Å²) in [5.74, 6) is -6.16. The Hall–Kier alpha value is -3.09. The average Bonchev–Trinajstić information content (AvgIpc) is 3.15. The number of benzene rings is 1. The van der Waals surface area contributed by atoms with E-state index in [0.29, 0.717) is 18.6 Å². The molecule has 0 fully saturated rings. The number of rotatable bonds is 7. The Morgan fingerprint density at radius 2 is 1.82 bits per heavy atom. The molecule has 0 saturated carbocycles. The number of aromatic nitrogens is 2. The van der Waals surface area contributed by atoms with Gasteiger partial charge < -0.3 is 20.5 Å². The van der Waals surface area contributed by atoms with Gasteiger partial charge in [0.1, 0.15) is 5.82 Å². The fourth-order valence-corrected chi connectivity index (χ4v) is 3.73. The first-order chi connectivity index (χ1) is 15.9. The van der Waals surface area contributed by atoms with E-state index >= 15 is 0 Å². The topological polar surface area (TPSA) is 93.2 Å². The number of fused-ring (bicyclic) bond motifs is 1. The van der Waals surface area contributed by atoms with Crippen LogP contribution in [0.4, 0.5) is 26.3 Å². The first-order valence-electron chi connectivity index (χ1n) is 10.5. The molecule has 0 radical (unpaired) electrons. The third-order valence-corrected chi connectivity index (χ3v) is 5.37. The van der Waals surface area contributed by atoms with Crippen molar-refractivity contribution < 1.29 is 35.9 Å². The molecular weight excluding hydrogens is 468 g/mol. The van der Waals surface area contributed by atoms with E-state index in [1.54, 1.807) is 6.92 Å². The van der Waals surface area contributed by atoms with Gasteiger partial charge in [-0.25, -0.2) is 18.2 Å². The van der Waals surface area contributed by atoms with Crippen molar-refractivity contribution in [1.82, 2.24) is 19.8 Å². The Morgan fingerprint density at radius 1 is 1.15 bits per heavy atom. The van der Waals surface area contributed by atoms with E-state index in [2.05, 4.69) is 10.3 Å². The van der Waals surface area contributed by atoms with Crippen LogP contribution < -0.4 is 11.1 Å². The number of imidazole rings is 1. The Bertz CT molecular complexity index is 1080. The molecule has 3 rings (SSSR count). The van der Waals surface area contributed by atoms with Crippen LogP contribution in [0.25, 0.3) is 0 Å². The highest BCUT2D eigenvalue weighted by molar-refractivity contribution is 5.93. The number of carbonyl (C=O) groups excluding carboxylic acids is 2. The van der Waals surface area contributed by atoms with Gasteiger partial charge in [-0.15, -0.1) is 0 Å². The minimum atomic E-state index is -4.79. The van der Waals surface area contributed by atoms with Gasteiger partial charge in [-0.1, -0.05) is 6.92 Å². The van der Waals surface area contributed by atoms with Crippen molar-refractivity contribution in [3.8, 4) is 0 Å². The molecule has 1 aliphatic heterocycles. The molecule has 186 valence electrons. The van der Waals surface area contributed by atoms with Crippen LogP contribution in [0.3, 0.4) is 0 Å². The van der Waals surface area contributed by atoms with Gasteiger partial charge >= 0.3 is 6.18 Å². The zero-order chi connectivity index (χ0) is 25.2. The van der Waals surface area contributed by atoms with Crippen LogP contribution in [0.2, 0.25) is 0 Å². The number of nitrogens with two attached hydrogens (primary N) is 1. The van der Waals surface area contributed by atoms with Crippen molar-refractivity contribution in [3.63, 3.8) is 0 Å². The lowest BCUT2D eigenvalue weighted by atomic mass is 10.0. The van der Waals surface area contributed by atoms with Gasteiger partial charge in [0.15, 0.2) is 17.3 Å². The summed E-state index contributed by atoms with van der Waals surface area (Å²) >= 11 is 0. The molecule has 1 unspecified atom stereocenters. The van der Waals surface area contributed by atoms with Gasteiger partial charge in [0, 0.05) is 38.2 Å². The second-order valence-corrected chi connectivity index (χ2v) is 7.98. The van der Waals surface area contributed by atoms with Gasteiger partial charge in [-0.2, -0.15) is 13.2 Å². The van der Waals surface area contributed by atoms with E-state index in [1.165, 1.54) is 4.90 Å². The predicted octanol–water partition coefficient (Wildman–Crippen LogP) is 2.76. The fraction of sp³-hybridized carbons (Fsp3) is 0.476. The van der Waals surface area contributed by atoms with Gasteiger partial charge in [0.2, 0.25) is 11.7 Å². The van der Waals surface area contributed by atoms with Crippen molar-refractivity contribution in [2.75, 3.05) is 13.1 Å². The number of hydrogen-bond acceptors (Lipinski definition) is 4. The minimum absolute atomic E-state index is 0.0549. The molecule has 2 heterocycles. The molecule has 1 atom stereocenters. The van der Waals surface area contributed by atoms with E-state index in [-0.39, 0.29) is 50.3 Å². The van der Waals surface area contributed by atoms with Gasteiger partial charge in [0.25, 0.3) is 5.91 Å². The summed E-state index contributed by atoms with van der Waals surface area (Å²) in [6.45, 7) is 1.39. The summed E-state index contributed by atoms with van der Waals surface area (Å²) in [5.41, 5.74) is 5.23. The van der Waals surface area contributed by atoms with E-state index in [9.17, 15) is 35.9 Å². The van der Waals surface area contributed by atoms with Crippen LogP contribution in [0, 0.1) is 17.5 Å². The zero-order valence-electron chi connectivity index (χ0n) is 18.2. The van der Waals surface area contributed by atoms with Crippen LogP contribution in [0.1, 0.15) is 47.3 Å². The molecule has 1 aromatic heterocycles. The summed E-state index contributed by atoms with van der Waals surface area (Å²) < 4.78 is 81.5. The highest BCUT2D eigenvalue weighted by Crippen LogP contribution is 2.32. The summed E-state index contributed by atoms with van der Waals surface area (Å²) in [6, 6.07) is 0.0830.